The van der Waals surface area contributed by atoms with E-state index >= 15 is 0 Å². The Morgan fingerprint density at radius 3 is 2.60 bits per heavy atom. The summed E-state index contributed by atoms with van der Waals surface area (Å²) >= 11 is 0. The first-order valence-corrected chi connectivity index (χ1v) is 5.60. The van der Waals surface area contributed by atoms with Crippen LogP contribution in [0.4, 0.5) is 0 Å². The molecular formula is C11H22N2O2. The van der Waals surface area contributed by atoms with Gasteiger partial charge in [-0.05, 0) is 25.7 Å². The molecule has 0 spiro atoms. The Morgan fingerprint density at radius 2 is 2.13 bits per heavy atom. The van der Waals surface area contributed by atoms with E-state index in [1.807, 2.05) is 13.8 Å². The fourth-order valence-corrected chi connectivity index (χ4v) is 1.90. The summed E-state index contributed by atoms with van der Waals surface area (Å²) < 4.78 is 0. The van der Waals surface area contributed by atoms with Gasteiger partial charge in [-0.2, -0.15) is 0 Å². The number of likely N-dealkylation sites (tertiary alicyclic amines) is 1. The molecule has 0 aromatic heterocycles. The fraction of sp³-hybridized carbons (Fsp3) is 0.909. The zero-order valence-electron chi connectivity index (χ0n) is 9.86. The largest absolute Gasteiger partial charge is 0.388 e. The number of amides is 1. The number of hydrogen-bond acceptors (Lipinski definition) is 3. The van der Waals surface area contributed by atoms with Crippen molar-refractivity contribution in [2.75, 3.05) is 13.1 Å². The number of aliphatic hydroxyl groups is 1. The van der Waals surface area contributed by atoms with E-state index in [1.165, 1.54) is 0 Å². The maximum absolute atomic E-state index is 11.9. The van der Waals surface area contributed by atoms with E-state index in [4.69, 9.17) is 5.73 Å². The van der Waals surface area contributed by atoms with Gasteiger partial charge in [-0.25, -0.2) is 0 Å². The molecule has 2 atom stereocenters. The average Bonchev–Trinajstić information content (AvgIpc) is 2.13. The number of rotatable bonds is 2. The Bertz CT molecular complexity index is 239. The summed E-state index contributed by atoms with van der Waals surface area (Å²) in [5.41, 5.74) is 5.06. The summed E-state index contributed by atoms with van der Waals surface area (Å²) in [7, 11) is 0. The van der Waals surface area contributed by atoms with E-state index in [0.29, 0.717) is 6.54 Å². The van der Waals surface area contributed by atoms with Crippen LogP contribution in [0.3, 0.4) is 0 Å². The standard InChI is InChI=1S/C11H22N2O2/c1-8(2)9(12)10(14)13-6-4-5-11(3,15)7-13/h8-9,15H,4-7,12H2,1-3H3/t9-,11?/m0/s1. The summed E-state index contributed by atoms with van der Waals surface area (Å²) in [4.78, 5) is 13.6. The van der Waals surface area contributed by atoms with Crippen LogP contribution >= 0.6 is 0 Å². The van der Waals surface area contributed by atoms with Crippen LogP contribution in [0.25, 0.3) is 0 Å². The maximum Gasteiger partial charge on any atom is 0.239 e. The van der Waals surface area contributed by atoms with Crippen molar-refractivity contribution in [2.24, 2.45) is 11.7 Å². The van der Waals surface area contributed by atoms with Gasteiger partial charge in [0.1, 0.15) is 0 Å². The fourth-order valence-electron chi connectivity index (χ4n) is 1.90. The van der Waals surface area contributed by atoms with Crippen molar-refractivity contribution in [1.29, 1.82) is 0 Å². The topological polar surface area (TPSA) is 66.6 Å². The summed E-state index contributed by atoms with van der Waals surface area (Å²) in [5, 5.41) is 9.88. The Hall–Kier alpha value is -0.610. The van der Waals surface area contributed by atoms with Crippen molar-refractivity contribution in [3.05, 3.63) is 0 Å². The Morgan fingerprint density at radius 1 is 1.53 bits per heavy atom. The van der Waals surface area contributed by atoms with Gasteiger partial charge < -0.3 is 15.7 Å². The van der Waals surface area contributed by atoms with Gasteiger partial charge in [0.25, 0.3) is 0 Å². The highest BCUT2D eigenvalue weighted by atomic mass is 16.3. The molecule has 1 amide bonds. The van der Waals surface area contributed by atoms with Gasteiger partial charge in [-0.3, -0.25) is 4.79 Å². The molecule has 15 heavy (non-hydrogen) atoms. The highest BCUT2D eigenvalue weighted by Gasteiger charge is 2.33. The third-order valence-corrected chi connectivity index (χ3v) is 2.99. The van der Waals surface area contributed by atoms with E-state index in [2.05, 4.69) is 0 Å². The van der Waals surface area contributed by atoms with Crippen molar-refractivity contribution in [1.82, 2.24) is 4.90 Å². The molecule has 0 aliphatic carbocycles. The zero-order valence-corrected chi connectivity index (χ0v) is 9.86. The molecule has 4 heteroatoms. The minimum absolute atomic E-state index is 0.0371. The molecule has 0 saturated carbocycles. The van der Waals surface area contributed by atoms with Crippen LogP contribution in [0.15, 0.2) is 0 Å². The number of nitrogens with two attached hydrogens (primary N) is 1. The summed E-state index contributed by atoms with van der Waals surface area (Å²) in [5.74, 6) is 0.106. The van der Waals surface area contributed by atoms with Crippen LogP contribution in [-0.4, -0.2) is 40.6 Å². The van der Waals surface area contributed by atoms with Crippen LogP contribution < -0.4 is 5.73 Å². The molecule has 1 unspecified atom stereocenters. The summed E-state index contributed by atoms with van der Waals surface area (Å²) in [6, 6.07) is -0.445. The van der Waals surface area contributed by atoms with Crippen molar-refractivity contribution >= 4 is 5.91 Å². The molecule has 3 N–H and O–H groups in total. The van der Waals surface area contributed by atoms with Gasteiger partial charge in [0.05, 0.1) is 11.6 Å². The maximum atomic E-state index is 11.9. The second kappa shape index (κ2) is 4.49. The minimum Gasteiger partial charge on any atom is -0.388 e. The van der Waals surface area contributed by atoms with Gasteiger partial charge >= 0.3 is 0 Å². The lowest BCUT2D eigenvalue weighted by molar-refractivity contribution is -0.139. The molecule has 88 valence electrons. The lowest BCUT2D eigenvalue weighted by Gasteiger charge is -2.38. The third-order valence-electron chi connectivity index (χ3n) is 2.99. The van der Waals surface area contributed by atoms with Crippen LogP contribution in [0.2, 0.25) is 0 Å². The van der Waals surface area contributed by atoms with Crippen LogP contribution in [0.5, 0.6) is 0 Å². The molecule has 1 heterocycles. The monoisotopic (exact) mass is 214 g/mol. The first-order valence-electron chi connectivity index (χ1n) is 5.60. The van der Waals surface area contributed by atoms with Crippen molar-refractivity contribution in [3.8, 4) is 0 Å². The summed E-state index contributed by atoms with van der Waals surface area (Å²) in [6.45, 7) is 6.77. The molecule has 1 aliphatic rings. The average molecular weight is 214 g/mol. The first kappa shape index (κ1) is 12.5. The van der Waals surface area contributed by atoms with E-state index in [0.717, 1.165) is 19.4 Å². The van der Waals surface area contributed by atoms with Gasteiger partial charge in [-0.1, -0.05) is 13.8 Å². The predicted molar refractivity (Wildman–Crippen MR) is 59.3 cm³/mol. The minimum atomic E-state index is -0.745. The molecular weight excluding hydrogens is 192 g/mol. The van der Waals surface area contributed by atoms with Crippen molar-refractivity contribution in [2.45, 2.75) is 45.3 Å². The molecule has 1 fully saturated rings. The van der Waals surface area contributed by atoms with Gasteiger partial charge in [0, 0.05) is 13.1 Å². The number of nitrogens with zero attached hydrogens (tertiary/aromatic N) is 1. The second-order valence-corrected chi connectivity index (χ2v) is 5.13. The van der Waals surface area contributed by atoms with E-state index in [1.54, 1.807) is 11.8 Å². The quantitative estimate of drug-likeness (QED) is 0.696. The number of piperidine rings is 1. The lowest BCUT2D eigenvalue weighted by Crippen LogP contribution is -2.54. The number of β-amino-alcohol motifs (C(OH)–C–C–N with tert-alkyl or cyclic N) is 1. The zero-order chi connectivity index (χ0) is 11.6. The van der Waals surface area contributed by atoms with Gasteiger partial charge in [0.2, 0.25) is 5.91 Å². The second-order valence-electron chi connectivity index (χ2n) is 5.13. The van der Waals surface area contributed by atoms with Gasteiger partial charge in [0.15, 0.2) is 0 Å². The molecule has 1 saturated heterocycles. The molecule has 1 aliphatic heterocycles. The lowest BCUT2D eigenvalue weighted by atomic mass is 9.93. The van der Waals surface area contributed by atoms with Crippen LogP contribution in [-0.2, 0) is 4.79 Å². The van der Waals surface area contributed by atoms with Crippen molar-refractivity contribution < 1.29 is 9.90 Å². The van der Waals surface area contributed by atoms with E-state index in [9.17, 15) is 9.90 Å². The first-order chi connectivity index (χ1) is 6.83. The molecule has 0 radical (unpaired) electrons. The summed E-state index contributed by atoms with van der Waals surface area (Å²) in [6.07, 6.45) is 1.61. The van der Waals surface area contributed by atoms with Crippen LogP contribution in [0.1, 0.15) is 33.6 Å². The number of carbonyl (C=O) groups is 1. The number of hydrogen-bond donors (Lipinski definition) is 2. The third kappa shape index (κ3) is 3.18. The SMILES string of the molecule is CC(C)[C@H](N)C(=O)N1CCCC(C)(O)C1. The Kier molecular flexibility index (Phi) is 3.73. The number of carbonyl (C=O) groups excluding carboxylic acids is 1. The highest BCUT2D eigenvalue weighted by molar-refractivity contribution is 5.82. The molecule has 0 aromatic rings. The Labute approximate surface area is 91.4 Å². The van der Waals surface area contributed by atoms with E-state index in [-0.39, 0.29) is 11.8 Å². The predicted octanol–water partition coefficient (Wildman–Crippen LogP) is 0.343. The molecule has 4 nitrogen and oxygen atoms in total. The smallest absolute Gasteiger partial charge is 0.239 e. The van der Waals surface area contributed by atoms with Gasteiger partial charge in [-0.15, -0.1) is 0 Å². The molecule has 1 rings (SSSR count). The Balaban J connectivity index is 2.60. The molecule has 0 aromatic carbocycles. The highest BCUT2D eigenvalue weighted by Crippen LogP contribution is 2.21. The van der Waals surface area contributed by atoms with E-state index < -0.39 is 11.6 Å². The normalized spacial score (nSPS) is 29.3. The van der Waals surface area contributed by atoms with Crippen LogP contribution in [0, 0.1) is 5.92 Å². The van der Waals surface area contributed by atoms with Crippen molar-refractivity contribution in [3.63, 3.8) is 0 Å². The molecule has 0 bridgehead atoms.